The molecular weight excluding hydrogens is 484 g/mol. The number of aryl methyl sites for hydroxylation is 1. The van der Waals surface area contributed by atoms with Crippen molar-refractivity contribution in [3.05, 3.63) is 131 Å². The van der Waals surface area contributed by atoms with Gasteiger partial charge >= 0.3 is 5.97 Å². The van der Waals surface area contributed by atoms with E-state index in [9.17, 15) is 14.7 Å². The number of hydrogen-bond acceptors (Lipinski definition) is 2. The first-order valence-corrected chi connectivity index (χ1v) is 13.2. The molecule has 0 aliphatic heterocycles. The average Bonchev–Trinajstić information content (AvgIpc) is 3.20. The second kappa shape index (κ2) is 11.0. The lowest BCUT2D eigenvalue weighted by atomic mass is 9.99. The summed E-state index contributed by atoms with van der Waals surface area (Å²) in [6.45, 7) is 6.95. The number of carbonyl (C=O) groups is 2. The van der Waals surface area contributed by atoms with Gasteiger partial charge in [0.1, 0.15) is 0 Å². The summed E-state index contributed by atoms with van der Waals surface area (Å²) >= 11 is 0. The van der Waals surface area contributed by atoms with E-state index in [2.05, 4.69) is 30.7 Å². The summed E-state index contributed by atoms with van der Waals surface area (Å²) in [7, 11) is 0. The fraction of sp³-hybridized carbons (Fsp3) is 0.176. The van der Waals surface area contributed by atoms with Gasteiger partial charge in [0.15, 0.2) is 0 Å². The van der Waals surface area contributed by atoms with E-state index in [1.165, 1.54) is 0 Å². The SMILES string of the molecule is CC[C@@H](NC(=O)c1ccc2c(c1)c(C)c(C)n2Cc1ccc(-c2ccccc2C(=O)O)cc1)c1ccccc1. The van der Waals surface area contributed by atoms with Gasteiger partial charge in [0.25, 0.3) is 5.91 Å². The van der Waals surface area contributed by atoms with Crippen LogP contribution in [0.4, 0.5) is 0 Å². The monoisotopic (exact) mass is 516 g/mol. The number of aromatic nitrogens is 1. The Balaban J connectivity index is 1.39. The second-order valence-corrected chi connectivity index (χ2v) is 9.92. The smallest absolute Gasteiger partial charge is 0.336 e. The van der Waals surface area contributed by atoms with E-state index in [-0.39, 0.29) is 11.9 Å². The molecule has 5 nitrogen and oxygen atoms in total. The summed E-state index contributed by atoms with van der Waals surface area (Å²) in [5.41, 5.74) is 8.13. The highest BCUT2D eigenvalue weighted by Crippen LogP contribution is 2.29. The molecule has 196 valence electrons. The van der Waals surface area contributed by atoms with Crippen LogP contribution in [0.5, 0.6) is 0 Å². The number of nitrogens with zero attached hydrogens (tertiary/aromatic N) is 1. The number of carbonyl (C=O) groups excluding carboxylic acids is 1. The molecule has 0 spiro atoms. The number of carboxylic acid groups (broad SMARTS) is 1. The zero-order chi connectivity index (χ0) is 27.5. The lowest BCUT2D eigenvalue weighted by Crippen LogP contribution is -2.28. The number of hydrogen-bond donors (Lipinski definition) is 2. The lowest BCUT2D eigenvalue weighted by molar-refractivity contribution is 0.0697. The number of aromatic carboxylic acids is 1. The molecule has 1 heterocycles. The number of benzene rings is 4. The molecule has 2 N–H and O–H groups in total. The molecule has 0 fully saturated rings. The number of rotatable bonds is 8. The van der Waals surface area contributed by atoms with Crippen molar-refractivity contribution < 1.29 is 14.7 Å². The first-order chi connectivity index (χ1) is 18.9. The Morgan fingerprint density at radius 1 is 0.872 bits per heavy atom. The van der Waals surface area contributed by atoms with E-state index in [0.29, 0.717) is 23.2 Å². The summed E-state index contributed by atoms with van der Waals surface area (Å²) in [5, 5.41) is 13.8. The van der Waals surface area contributed by atoms with Crippen LogP contribution in [0.1, 0.15) is 62.5 Å². The number of carboxylic acids is 1. The van der Waals surface area contributed by atoms with Crippen LogP contribution >= 0.6 is 0 Å². The van der Waals surface area contributed by atoms with Gasteiger partial charge < -0.3 is 15.0 Å². The van der Waals surface area contributed by atoms with Crippen molar-refractivity contribution in [2.24, 2.45) is 0 Å². The topological polar surface area (TPSA) is 71.3 Å². The van der Waals surface area contributed by atoms with E-state index in [4.69, 9.17) is 0 Å². The number of amides is 1. The van der Waals surface area contributed by atoms with Crippen LogP contribution in [0.3, 0.4) is 0 Å². The molecule has 0 aliphatic rings. The van der Waals surface area contributed by atoms with Crippen molar-refractivity contribution in [3.63, 3.8) is 0 Å². The largest absolute Gasteiger partial charge is 0.478 e. The minimum absolute atomic E-state index is 0.0349. The van der Waals surface area contributed by atoms with Crippen molar-refractivity contribution in [2.75, 3.05) is 0 Å². The van der Waals surface area contributed by atoms with Crippen LogP contribution in [-0.4, -0.2) is 21.6 Å². The molecule has 4 aromatic carbocycles. The van der Waals surface area contributed by atoms with E-state index >= 15 is 0 Å². The van der Waals surface area contributed by atoms with Crippen LogP contribution in [0.2, 0.25) is 0 Å². The zero-order valence-electron chi connectivity index (χ0n) is 22.4. The highest BCUT2D eigenvalue weighted by molar-refractivity contribution is 5.99. The molecular formula is C34H32N2O3. The maximum atomic E-state index is 13.2. The first kappa shape index (κ1) is 26.0. The first-order valence-electron chi connectivity index (χ1n) is 13.2. The van der Waals surface area contributed by atoms with E-state index in [0.717, 1.165) is 45.3 Å². The third kappa shape index (κ3) is 5.21. The maximum absolute atomic E-state index is 13.2. The summed E-state index contributed by atoms with van der Waals surface area (Å²) in [5.74, 6) is -1.01. The molecule has 0 saturated carbocycles. The summed E-state index contributed by atoms with van der Waals surface area (Å²) < 4.78 is 2.27. The molecule has 5 heteroatoms. The highest BCUT2D eigenvalue weighted by atomic mass is 16.4. The third-order valence-corrected chi connectivity index (χ3v) is 7.58. The molecule has 0 aliphatic carbocycles. The fourth-order valence-electron chi connectivity index (χ4n) is 5.24. The second-order valence-electron chi connectivity index (χ2n) is 9.92. The van der Waals surface area contributed by atoms with Crippen LogP contribution in [0, 0.1) is 13.8 Å². The van der Waals surface area contributed by atoms with Gasteiger partial charge in [-0.3, -0.25) is 4.79 Å². The predicted molar refractivity (Wildman–Crippen MR) is 156 cm³/mol. The van der Waals surface area contributed by atoms with Gasteiger partial charge in [0.05, 0.1) is 11.6 Å². The fourth-order valence-corrected chi connectivity index (χ4v) is 5.24. The maximum Gasteiger partial charge on any atom is 0.336 e. The quantitative estimate of drug-likeness (QED) is 0.224. The van der Waals surface area contributed by atoms with Crippen molar-refractivity contribution in [2.45, 2.75) is 39.8 Å². The molecule has 1 amide bonds. The molecule has 5 rings (SSSR count). The van der Waals surface area contributed by atoms with Gasteiger partial charge in [-0.05, 0) is 72.4 Å². The number of fused-ring (bicyclic) bond motifs is 1. The van der Waals surface area contributed by atoms with E-state index in [1.807, 2.05) is 84.9 Å². The Labute approximate surface area is 228 Å². The van der Waals surface area contributed by atoms with Gasteiger partial charge in [0, 0.05) is 28.7 Å². The van der Waals surface area contributed by atoms with Gasteiger partial charge in [0.2, 0.25) is 0 Å². The van der Waals surface area contributed by atoms with E-state index in [1.54, 1.807) is 12.1 Å². The molecule has 0 unspecified atom stereocenters. The molecule has 1 aromatic heterocycles. The standard InChI is InChI=1S/C34H32N2O3/c1-4-31(26-10-6-5-7-11-26)35-33(37)27-18-19-32-30(20-27)22(2)23(3)36(32)21-24-14-16-25(17-15-24)28-12-8-9-13-29(28)34(38)39/h5-20,31H,4,21H2,1-3H3,(H,35,37)(H,38,39)/t31-/m1/s1. The normalized spacial score (nSPS) is 11.9. The minimum Gasteiger partial charge on any atom is -0.478 e. The average molecular weight is 517 g/mol. The van der Waals surface area contributed by atoms with Gasteiger partial charge in [-0.2, -0.15) is 0 Å². The predicted octanol–water partition coefficient (Wildman–Crippen LogP) is 7.55. The Morgan fingerprint density at radius 3 is 2.26 bits per heavy atom. The lowest BCUT2D eigenvalue weighted by Gasteiger charge is -2.17. The highest BCUT2D eigenvalue weighted by Gasteiger charge is 2.17. The Hall–Kier alpha value is -4.64. The van der Waals surface area contributed by atoms with Crippen molar-refractivity contribution in [3.8, 4) is 11.1 Å². The van der Waals surface area contributed by atoms with Crippen molar-refractivity contribution in [1.82, 2.24) is 9.88 Å². The van der Waals surface area contributed by atoms with Crippen LogP contribution in [0.25, 0.3) is 22.0 Å². The summed E-state index contributed by atoms with van der Waals surface area (Å²) in [6, 6.07) is 31.0. The molecule has 5 aromatic rings. The summed E-state index contributed by atoms with van der Waals surface area (Å²) in [4.78, 5) is 24.8. The Bertz CT molecular complexity index is 1650. The van der Waals surface area contributed by atoms with Gasteiger partial charge in [-0.1, -0.05) is 79.7 Å². The molecule has 0 radical (unpaired) electrons. The van der Waals surface area contributed by atoms with Crippen LogP contribution < -0.4 is 5.32 Å². The Morgan fingerprint density at radius 2 is 1.56 bits per heavy atom. The van der Waals surface area contributed by atoms with Crippen LogP contribution in [-0.2, 0) is 6.54 Å². The van der Waals surface area contributed by atoms with Crippen LogP contribution in [0.15, 0.2) is 97.1 Å². The molecule has 39 heavy (non-hydrogen) atoms. The molecule has 1 atom stereocenters. The van der Waals surface area contributed by atoms with Gasteiger partial charge in [-0.15, -0.1) is 0 Å². The van der Waals surface area contributed by atoms with Crippen molar-refractivity contribution >= 4 is 22.8 Å². The summed E-state index contributed by atoms with van der Waals surface area (Å²) in [6.07, 6.45) is 0.813. The third-order valence-electron chi connectivity index (χ3n) is 7.58. The molecule has 0 saturated heterocycles. The van der Waals surface area contributed by atoms with Gasteiger partial charge in [-0.25, -0.2) is 4.79 Å². The minimum atomic E-state index is -0.932. The van der Waals surface area contributed by atoms with Crippen molar-refractivity contribution in [1.29, 1.82) is 0 Å². The number of nitrogens with one attached hydrogen (secondary N) is 1. The molecule has 0 bridgehead atoms. The Kier molecular flexibility index (Phi) is 7.33. The van der Waals surface area contributed by atoms with E-state index < -0.39 is 5.97 Å². The zero-order valence-corrected chi connectivity index (χ0v) is 22.4.